The Labute approximate surface area is 210 Å². The summed E-state index contributed by atoms with van der Waals surface area (Å²) in [5.41, 5.74) is 5.09. The summed E-state index contributed by atoms with van der Waals surface area (Å²) < 4.78 is 47.0. The highest BCUT2D eigenvalue weighted by molar-refractivity contribution is 7.48. The molecule has 11 nitrogen and oxygen atoms in total. The van der Waals surface area contributed by atoms with Crippen LogP contribution in [0.25, 0.3) is 0 Å². The second kappa shape index (κ2) is 9.08. The van der Waals surface area contributed by atoms with Crippen LogP contribution in [0.2, 0.25) is 10.0 Å². The van der Waals surface area contributed by atoms with Crippen LogP contribution in [0.5, 0.6) is 0 Å². The van der Waals surface area contributed by atoms with Crippen LogP contribution in [-0.4, -0.2) is 54.1 Å². The molecule has 0 radical (unpaired) electrons. The van der Waals surface area contributed by atoms with Gasteiger partial charge < -0.3 is 24.8 Å². The lowest BCUT2D eigenvalue weighted by atomic mass is 9.98. The highest BCUT2D eigenvalue weighted by atomic mass is 35.5. The van der Waals surface area contributed by atoms with Crippen LogP contribution < -0.4 is 5.73 Å². The summed E-state index contributed by atoms with van der Waals surface area (Å²) in [5.74, 6) is 0.559. The van der Waals surface area contributed by atoms with Gasteiger partial charge in [-0.1, -0.05) is 29.8 Å². The molecular formula is C21H22Cl2N3O8P. The zero-order valence-corrected chi connectivity index (χ0v) is 20.9. The number of phosphoric ester groups is 1. The summed E-state index contributed by atoms with van der Waals surface area (Å²) >= 11 is 12.2. The van der Waals surface area contributed by atoms with E-state index < -0.39 is 44.1 Å². The molecule has 4 aliphatic rings. The number of ether oxygens (including phenoxy) is 3. The summed E-state index contributed by atoms with van der Waals surface area (Å²) in [4.78, 5) is 17.6. The van der Waals surface area contributed by atoms with Gasteiger partial charge in [-0.2, -0.15) is 0 Å². The van der Waals surface area contributed by atoms with Gasteiger partial charge in [0.05, 0.1) is 19.3 Å². The molecule has 0 saturated carbocycles. The van der Waals surface area contributed by atoms with Crippen LogP contribution >= 0.6 is 31.0 Å². The van der Waals surface area contributed by atoms with Crippen molar-refractivity contribution in [1.29, 1.82) is 0 Å². The number of nitrogens with zero attached hydrogens (tertiary/aromatic N) is 2. The third-order valence-corrected chi connectivity index (χ3v) is 7.81. The number of carbonyl (C=O) groups excluding carboxylic acids is 1. The molecule has 0 aliphatic carbocycles. The molecule has 0 amide bonds. The van der Waals surface area contributed by atoms with Gasteiger partial charge in [-0.3, -0.25) is 13.6 Å². The Bertz CT molecular complexity index is 1160. The van der Waals surface area contributed by atoms with Gasteiger partial charge in [-0.15, -0.1) is 0 Å². The quantitative estimate of drug-likeness (QED) is 0.422. The first-order valence-corrected chi connectivity index (χ1v) is 12.9. The Morgan fingerprint density at radius 2 is 2.06 bits per heavy atom. The third-order valence-electron chi connectivity index (χ3n) is 5.91. The molecule has 35 heavy (non-hydrogen) atoms. The molecule has 1 aromatic carbocycles. The Morgan fingerprint density at radius 3 is 2.77 bits per heavy atom. The van der Waals surface area contributed by atoms with E-state index in [1.807, 2.05) is 0 Å². The predicted molar refractivity (Wildman–Crippen MR) is 125 cm³/mol. The van der Waals surface area contributed by atoms with Gasteiger partial charge in [0.1, 0.15) is 17.3 Å². The minimum absolute atomic E-state index is 0.119. The van der Waals surface area contributed by atoms with E-state index in [1.165, 1.54) is 0 Å². The van der Waals surface area contributed by atoms with Crippen molar-refractivity contribution in [2.45, 2.75) is 43.5 Å². The van der Waals surface area contributed by atoms with Gasteiger partial charge in [0.15, 0.2) is 18.4 Å². The molecule has 0 bridgehead atoms. The van der Waals surface area contributed by atoms with E-state index in [1.54, 1.807) is 42.3 Å². The van der Waals surface area contributed by atoms with Crippen molar-refractivity contribution in [2.75, 3.05) is 13.2 Å². The molecule has 188 valence electrons. The Hall–Kier alpha value is -2.11. The Balaban J connectivity index is 1.32. The fourth-order valence-electron chi connectivity index (χ4n) is 4.28. The maximum absolute atomic E-state index is 13.3. The van der Waals surface area contributed by atoms with Crippen molar-refractivity contribution >= 4 is 43.0 Å². The number of benzene rings is 1. The molecule has 14 heteroatoms. The van der Waals surface area contributed by atoms with Gasteiger partial charge in [-0.05, 0) is 36.8 Å². The van der Waals surface area contributed by atoms with Gasteiger partial charge in [0, 0.05) is 22.7 Å². The summed E-state index contributed by atoms with van der Waals surface area (Å²) in [6, 6.07) is 4.94. The zero-order chi connectivity index (χ0) is 25.0. The standard InChI is InChI=1S/C21H22Cl2N3O8P/c1-11-25-16(24)3-5-26(11)19-17-18(32-20(27)31-17)21(2,33-19)10-30-35(28)29-6-4-15(34-35)12-7-13(22)9-14(23)8-12/h3,5,7-9,15,17-19H,1,4,6,10H2,2H3,(H2,24,25)/t15?,17-,18+,19-,21-,35?/m1/s1. The van der Waals surface area contributed by atoms with Crippen LogP contribution in [0.15, 0.2) is 47.9 Å². The number of halogens is 2. The number of fused-ring (bicyclic) bond motifs is 1. The zero-order valence-electron chi connectivity index (χ0n) is 18.5. The van der Waals surface area contributed by atoms with Crippen molar-refractivity contribution in [3.05, 3.63) is 58.5 Å². The molecule has 0 spiro atoms. The average molecular weight is 546 g/mol. The minimum atomic E-state index is -4.02. The molecule has 4 aliphatic heterocycles. The highest BCUT2D eigenvalue weighted by Gasteiger charge is 2.63. The first kappa shape index (κ1) is 24.6. The lowest BCUT2D eigenvalue weighted by Crippen LogP contribution is -2.43. The van der Waals surface area contributed by atoms with Gasteiger partial charge in [-0.25, -0.2) is 14.4 Å². The molecule has 4 heterocycles. The second-order valence-corrected chi connectivity index (χ2v) is 11.0. The second-order valence-electron chi connectivity index (χ2n) is 8.51. The maximum Gasteiger partial charge on any atom is 0.509 e. The number of rotatable bonds is 5. The fourth-order valence-corrected chi connectivity index (χ4v) is 6.31. The van der Waals surface area contributed by atoms with Crippen LogP contribution in [0.3, 0.4) is 0 Å². The number of phosphoric acid groups is 1. The van der Waals surface area contributed by atoms with E-state index in [2.05, 4.69) is 11.6 Å². The van der Waals surface area contributed by atoms with E-state index in [0.717, 1.165) is 0 Å². The van der Waals surface area contributed by atoms with E-state index in [4.69, 9.17) is 56.7 Å². The van der Waals surface area contributed by atoms with Crippen molar-refractivity contribution in [3.63, 3.8) is 0 Å². The van der Waals surface area contributed by atoms with Crippen LogP contribution in [0.1, 0.15) is 25.0 Å². The molecule has 2 N–H and O–H groups in total. The molecule has 3 fully saturated rings. The molecule has 6 atom stereocenters. The van der Waals surface area contributed by atoms with Crippen LogP contribution in [-0.2, 0) is 32.3 Å². The Kier molecular flexibility index (Phi) is 6.38. The Morgan fingerprint density at radius 1 is 1.31 bits per heavy atom. The first-order valence-electron chi connectivity index (χ1n) is 10.6. The third kappa shape index (κ3) is 4.82. The lowest BCUT2D eigenvalue weighted by molar-refractivity contribution is -0.137. The molecule has 2 unspecified atom stereocenters. The molecule has 3 saturated heterocycles. The summed E-state index contributed by atoms with van der Waals surface area (Å²) in [5, 5.41) is 0.842. The van der Waals surface area contributed by atoms with E-state index in [-0.39, 0.29) is 24.9 Å². The number of hydrogen-bond donors (Lipinski definition) is 1. The number of amidine groups is 1. The van der Waals surface area contributed by atoms with Crippen LogP contribution in [0, 0.1) is 0 Å². The summed E-state index contributed by atoms with van der Waals surface area (Å²) in [6.07, 6.45) is -0.419. The van der Waals surface area contributed by atoms with Crippen molar-refractivity contribution in [2.24, 2.45) is 10.7 Å². The lowest BCUT2D eigenvalue weighted by Gasteiger charge is -2.34. The summed E-state index contributed by atoms with van der Waals surface area (Å²) in [7, 11) is -4.02. The average Bonchev–Trinajstić information content (AvgIpc) is 3.29. The number of nitrogens with two attached hydrogens (primary N) is 1. The SMILES string of the molecule is C=C1N=C(N)C=CN1[C@@H]1O[C@](C)(COP2(=O)OCCC(c3cc(Cl)cc(Cl)c3)O2)[C@H]2OC(=O)O[C@@H]12. The van der Waals surface area contributed by atoms with E-state index in [9.17, 15) is 9.36 Å². The smallest absolute Gasteiger partial charge is 0.424 e. The number of aliphatic imine (C=N–C) groups is 1. The topological polar surface area (TPSA) is 131 Å². The predicted octanol–water partition coefficient (Wildman–Crippen LogP) is 4.27. The molecule has 5 rings (SSSR count). The fraction of sp³-hybridized carbons (Fsp3) is 0.429. The van der Waals surface area contributed by atoms with Gasteiger partial charge in [0.25, 0.3) is 0 Å². The van der Waals surface area contributed by atoms with Gasteiger partial charge in [0.2, 0.25) is 0 Å². The van der Waals surface area contributed by atoms with Crippen molar-refractivity contribution in [3.8, 4) is 0 Å². The molecular weight excluding hydrogens is 524 g/mol. The van der Waals surface area contributed by atoms with Gasteiger partial charge >= 0.3 is 14.0 Å². The number of carbonyl (C=O) groups is 1. The molecule has 1 aromatic rings. The monoisotopic (exact) mass is 545 g/mol. The van der Waals surface area contributed by atoms with Crippen LogP contribution in [0.4, 0.5) is 4.79 Å². The summed E-state index contributed by atoms with van der Waals surface area (Å²) in [6.45, 7) is 5.33. The minimum Gasteiger partial charge on any atom is -0.424 e. The van der Waals surface area contributed by atoms with E-state index >= 15 is 0 Å². The maximum atomic E-state index is 13.3. The largest absolute Gasteiger partial charge is 0.509 e. The van der Waals surface area contributed by atoms with Crippen molar-refractivity contribution in [1.82, 2.24) is 4.90 Å². The van der Waals surface area contributed by atoms with E-state index in [0.29, 0.717) is 22.0 Å². The molecule has 0 aromatic heterocycles. The normalized spacial score (nSPS) is 36.5. The highest BCUT2D eigenvalue weighted by Crippen LogP contribution is 2.58. The first-order chi connectivity index (χ1) is 16.6. The van der Waals surface area contributed by atoms with Crippen molar-refractivity contribution < 1.29 is 37.1 Å². The number of hydrogen-bond acceptors (Lipinski definition) is 11.